The van der Waals surface area contributed by atoms with E-state index >= 15 is 0 Å². The van der Waals surface area contributed by atoms with Crippen molar-refractivity contribution in [1.29, 1.82) is 0 Å². The Hall–Kier alpha value is -2.19. The molecule has 9 heteroatoms. The number of nitrogens with one attached hydrogen (secondary N) is 1. The zero-order chi connectivity index (χ0) is 15.6. The Morgan fingerprint density at radius 3 is 2.81 bits per heavy atom. The molecule has 21 heavy (non-hydrogen) atoms. The lowest BCUT2D eigenvalue weighted by Crippen LogP contribution is -2.06. The summed E-state index contributed by atoms with van der Waals surface area (Å²) in [5, 5.41) is 23.0. The van der Waals surface area contributed by atoms with E-state index in [-0.39, 0.29) is 11.4 Å². The van der Waals surface area contributed by atoms with Crippen molar-refractivity contribution >= 4 is 50.7 Å². The van der Waals surface area contributed by atoms with Gasteiger partial charge in [0.1, 0.15) is 17.6 Å². The standard InChI is InChI=1S/C12H7BrClN3O4/c13-10-8(14)2-1-3-9(10)16-11-7(12(18)19)4-6(5-15-11)17(20)21/h1-5H,(H,15,16)(H,18,19). The van der Waals surface area contributed by atoms with E-state index in [0.717, 1.165) is 12.3 Å². The van der Waals surface area contributed by atoms with Crippen LogP contribution < -0.4 is 5.32 Å². The summed E-state index contributed by atoms with van der Waals surface area (Å²) in [5.74, 6) is -1.34. The molecule has 2 rings (SSSR count). The average molecular weight is 373 g/mol. The van der Waals surface area contributed by atoms with Crippen LogP contribution in [0.25, 0.3) is 0 Å². The predicted molar refractivity (Wildman–Crippen MR) is 80.3 cm³/mol. The molecule has 0 aliphatic carbocycles. The molecule has 1 aromatic carbocycles. The minimum atomic E-state index is -1.33. The maximum atomic E-state index is 11.2. The first-order chi connectivity index (χ1) is 9.90. The van der Waals surface area contributed by atoms with Crippen LogP contribution in [0.3, 0.4) is 0 Å². The summed E-state index contributed by atoms with van der Waals surface area (Å²) in [5.41, 5.74) is -0.217. The molecular weight excluding hydrogens is 366 g/mol. The predicted octanol–water partition coefficient (Wildman–Crippen LogP) is 3.85. The summed E-state index contributed by atoms with van der Waals surface area (Å²) in [6.07, 6.45) is 0.979. The Labute approximate surface area is 131 Å². The topological polar surface area (TPSA) is 105 Å². The van der Waals surface area contributed by atoms with Crippen molar-refractivity contribution in [2.45, 2.75) is 0 Å². The van der Waals surface area contributed by atoms with Gasteiger partial charge in [0.2, 0.25) is 0 Å². The number of hydrogen-bond donors (Lipinski definition) is 2. The van der Waals surface area contributed by atoms with Crippen LogP contribution in [0.5, 0.6) is 0 Å². The van der Waals surface area contributed by atoms with E-state index in [1.807, 2.05) is 0 Å². The molecule has 0 bridgehead atoms. The fraction of sp³-hybridized carbons (Fsp3) is 0. The molecule has 1 heterocycles. The smallest absolute Gasteiger partial charge is 0.339 e. The quantitative estimate of drug-likeness (QED) is 0.624. The number of anilines is 2. The van der Waals surface area contributed by atoms with E-state index in [9.17, 15) is 14.9 Å². The van der Waals surface area contributed by atoms with E-state index in [1.165, 1.54) is 0 Å². The summed E-state index contributed by atoms with van der Waals surface area (Å²) in [6, 6.07) is 5.92. The van der Waals surface area contributed by atoms with Crippen molar-refractivity contribution in [3.63, 3.8) is 0 Å². The van der Waals surface area contributed by atoms with Gasteiger partial charge in [0.15, 0.2) is 0 Å². The molecule has 0 aliphatic heterocycles. The van der Waals surface area contributed by atoms with Crippen LogP contribution in [-0.2, 0) is 0 Å². The molecule has 108 valence electrons. The zero-order valence-electron chi connectivity index (χ0n) is 10.2. The van der Waals surface area contributed by atoms with Gasteiger partial charge in [-0.15, -0.1) is 0 Å². The van der Waals surface area contributed by atoms with Crippen LogP contribution in [0.15, 0.2) is 34.9 Å². The van der Waals surface area contributed by atoms with E-state index in [4.69, 9.17) is 16.7 Å². The molecule has 2 N–H and O–H groups in total. The number of benzene rings is 1. The number of pyridine rings is 1. The lowest BCUT2D eigenvalue weighted by Gasteiger charge is -2.10. The van der Waals surface area contributed by atoms with E-state index in [1.54, 1.807) is 18.2 Å². The highest BCUT2D eigenvalue weighted by Gasteiger charge is 2.18. The maximum absolute atomic E-state index is 11.2. The van der Waals surface area contributed by atoms with Crippen LogP contribution >= 0.6 is 27.5 Å². The molecular formula is C12H7BrClN3O4. The number of nitrogens with zero attached hydrogens (tertiary/aromatic N) is 2. The molecule has 0 amide bonds. The summed E-state index contributed by atoms with van der Waals surface area (Å²) in [6.45, 7) is 0. The first-order valence-corrected chi connectivity index (χ1v) is 6.66. The highest BCUT2D eigenvalue weighted by Crippen LogP contribution is 2.32. The molecule has 0 spiro atoms. The van der Waals surface area contributed by atoms with E-state index < -0.39 is 16.6 Å². The number of carboxylic acids is 1. The highest BCUT2D eigenvalue weighted by atomic mass is 79.9. The Morgan fingerprint density at radius 1 is 1.48 bits per heavy atom. The third-order valence-corrected chi connectivity index (χ3v) is 3.92. The van der Waals surface area contributed by atoms with Gasteiger partial charge in [-0.3, -0.25) is 10.1 Å². The number of carboxylic acid groups (broad SMARTS) is 1. The second-order valence-corrected chi connectivity index (χ2v) is 5.08. The van der Waals surface area contributed by atoms with Gasteiger partial charge in [-0.25, -0.2) is 9.78 Å². The monoisotopic (exact) mass is 371 g/mol. The molecule has 0 saturated heterocycles. The number of carbonyl (C=O) groups is 1. The third-order valence-electron chi connectivity index (χ3n) is 2.52. The Bertz CT molecular complexity index is 738. The maximum Gasteiger partial charge on any atom is 0.339 e. The molecule has 1 aromatic heterocycles. The largest absolute Gasteiger partial charge is 0.478 e. The number of rotatable bonds is 4. The van der Waals surface area contributed by atoms with Gasteiger partial charge < -0.3 is 10.4 Å². The molecule has 0 fully saturated rings. The summed E-state index contributed by atoms with van der Waals surface area (Å²) in [7, 11) is 0. The van der Waals surface area contributed by atoms with Gasteiger partial charge in [-0.05, 0) is 28.1 Å². The van der Waals surface area contributed by atoms with Crippen LogP contribution in [0, 0.1) is 10.1 Å². The number of nitro groups is 1. The number of halogens is 2. The number of aromatic nitrogens is 1. The van der Waals surface area contributed by atoms with Crippen molar-refractivity contribution in [1.82, 2.24) is 4.98 Å². The number of aromatic carboxylic acids is 1. The van der Waals surface area contributed by atoms with Gasteiger partial charge in [-0.2, -0.15) is 0 Å². The average Bonchev–Trinajstić information content (AvgIpc) is 2.43. The van der Waals surface area contributed by atoms with E-state index in [2.05, 4.69) is 26.2 Å². The molecule has 0 aliphatic rings. The Kier molecular flexibility index (Phi) is 4.39. The summed E-state index contributed by atoms with van der Waals surface area (Å²) in [4.78, 5) is 24.9. The normalized spacial score (nSPS) is 10.2. The second kappa shape index (κ2) is 6.06. The van der Waals surface area contributed by atoms with Crippen molar-refractivity contribution in [3.8, 4) is 0 Å². The molecule has 0 atom stereocenters. The van der Waals surface area contributed by atoms with Crippen LogP contribution in [-0.4, -0.2) is 21.0 Å². The lowest BCUT2D eigenvalue weighted by atomic mass is 10.2. The first-order valence-electron chi connectivity index (χ1n) is 5.49. The molecule has 2 aromatic rings. The minimum absolute atomic E-state index is 0.0175. The van der Waals surface area contributed by atoms with Gasteiger partial charge in [0.25, 0.3) is 5.69 Å². The van der Waals surface area contributed by atoms with Crippen molar-refractivity contribution < 1.29 is 14.8 Å². The SMILES string of the molecule is O=C(O)c1cc([N+](=O)[O-])cnc1Nc1cccc(Cl)c1Br. The van der Waals surface area contributed by atoms with Crippen molar-refractivity contribution in [3.05, 3.63) is 55.6 Å². The summed E-state index contributed by atoms with van der Waals surface area (Å²) >= 11 is 9.20. The van der Waals surface area contributed by atoms with Gasteiger partial charge in [0.05, 0.1) is 20.1 Å². The third kappa shape index (κ3) is 3.29. The second-order valence-electron chi connectivity index (χ2n) is 3.88. The Balaban J connectivity index is 2.46. The number of hydrogen-bond acceptors (Lipinski definition) is 5. The van der Waals surface area contributed by atoms with Crippen LogP contribution in [0.4, 0.5) is 17.2 Å². The lowest BCUT2D eigenvalue weighted by molar-refractivity contribution is -0.385. The van der Waals surface area contributed by atoms with Gasteiger partial charge in [-0.1, -0.05) is 17.7 Å². The first kappa shape index (κ1) is 15.2. The summed E-state index contributed by atoms with van der Waals surface area (Å²) < 4.78 is 0.531. The Morgan fingerprint density at radius 2 is 2.19 bits per heavy atom. The highest BCUT2D eigenvalue weighted by molar-refractivity contribution is 9.10. The molecule has 0 unspecified atom stereocenters. The zero-order valence-corrected chi connectivity index (χ0v) is 12.6. The molecule has 0 radical (unpaired) electrons. The van der Waals surface area contributed by atoms with Crippen LogP contribution in [0.2, 0.25) is 5.02 Å². The van der Waals surface area contributed by atoms with Crippen molar-refractivity contribution in [2.24, 2.45) is 0 Å². The molecule has 7 nitrogen and oxygen atoms in total. The fourth-order valence-corrected chi connectivity index (χ4v) is 2.08. The fourth-order valence-electron chi connectivity index (χ4n) is 1.54. The van der Waals surface area contributed by atoms with E-state index in [0.29, 0.717) is 15.2 Å². The molecule has 0 saturated carbocycles. The minimum Gasteiger partial charge on any atom is -0.478 e. The van der Waals surface area contributed by atoms with Crippen molar-refractivity contribution in [2.75, 3.05) is 5.32 Å². The van der Waals surface area contributed by atoms with Crippen LogP contribution in [0.1, 0.15) is 10.4 Å². The van der Waals surface area contributed by atoms with Gasteiger partial charge >= 0.3 is 5.97 Å². The van der Waals surface area contributed by atoms with Gasteiger partial charge in [0, 0.05) is 6.07 Å².